The van der Waals surface area contributed by atoms with Crippen LogP contribution in [0.25, 0.3) is 0 Å². The van der Waals surface area contributed by atoms with Crippen molar-refractivity contribution in [3.63, 3.8) is 0 Å². The SMILES string of the molecule is OB(O)c1cc[c]([Pb])cc1. The molecule has 0 saturated heterocycles. The molecule has 0 bridgehead atoms. The first kappa shape index (κ1) is 8.23. The van der Waals surface area contributed by atoms with Gasteiger partial charge < -0.3 is 0 Å². The van der Waals surface area contributed by atoms with Crippen LogP contribution in [0.15, 0.2) is 24.3 Å². The Bertz CT molecular complexity index is 209. The van der Waals surface area contributed by atoms with Gasteiger partial charge >= 0.3 is 75.8 Å². The number of hydrogen-bond donors (Lipinski definition) is 2. The second-order valence-corrected chi connectivity index (χ2v) is 4.24. The average molecular weight is 328 g/mol. The quantitative estimate of drug-likeness (QED) is 0.595. The Hall–Kier alpha value is 0.127. The van der Waals surface area contributed by atoms with Crippen LogP contribution < -0.4 is 8.59 Å². The van der Waals surface area contributed by atoms with E-state index < -0.39 is 7.12 Å². The summed E-state index contributed by atoms with van der Waals surface area (Å²) in [7, 11) is -1.33. The summed E-state index contributed by atoms with van der Waals surface area (Å²) < 4.78 is 1.25. The molecular weight excluding hydrogens is 322 g/mol. The fourth-order valence-corrected chi connectivity index (χ4v) is 1.30. The molecule has 0 saturated carbocycles. The van der Waals surface area contributed by atoms with Crippen molar-refractivity contribution in [2.45, 2.75) is 0 Å². The molecule has 0 spiro atoms. The van der Waals surface area contributed by atoms with Crippen molar-refractivity contribution < 1.29 is 10.0 Å². The Morgan fingerprint density at radius 2 is 1.60 bits per heavy atom. The van der Waals surface area contributed by atoms with Crippen molar-refractivity contribution in [1.29, 1.82) is 0 Å². The number of benzene rings is 1. The molecule has 2 nitrogen and oxygen atoms in total. The van der Waals surface area contributed by atoms with Gasteiger partial charge in [-0.05, 0) is 0 Å². The summed E-state index contributed by atoms with van der Waals surface area (Å²) in [5, 5.41) is 17.4. The molecule has 1 aromatic carbocycles. The van der Waals surface area contributed by atoms with E-state index in [1.165, 1.54) is 3.12 Å². The van der Waals surface area contributed by atoms with E-state index in [0.29, 0.717) is 5.46 Å². The van der Waals surface area contributed by atoms with Crippen molar-refractivity contribution in [3.8, 4) is 0 Å². The first-order valence-corrected chi connectivity index (χ1v) is 4.82. The Balaban J connectivity index is 2.89. The molecule has 0 heterocycles. The molecule has 0 atom stereocenters. The first-order valence-electron chi connectivity index (χ1n) is 2.88. The van der Waals surface area contributed by atoms with Crippen LogP contribution in [-0.4, -0.2) is 42.9 Å². The van der Waals surface area contributed by atoms with Crippen molar-refractivity contribution in [3.05, 3.63) is 24.3 Å². The van der Waals surface area contributed by atoms with Gasteiger partial charge in [0.15, 0.2) is 0 Å². The maximum absolute atomic E-state index is 8.68. The first-order chi connectivity index (χ1) is 4.70. The normalized spacial score (nSPS) is 9.50. The van der Waals surface area contributed by atoms with E-state index in [2.05, 4.69) is 0 Å². The van der Waals surface area contributed by atoms with Crippen molar-refractivity contribution >= 4 is 41.5 Å². The molecule has 0 unspecified atom stereocenters. The molecule has 0 aliphatic rings. The molecule has 0 aromatic heterocycles. The Kier molecular flexibility index (Phi) is 2.88. The van der Waals surface area contributed by atoms with E-state index >= 15 is 0 Å². The van der Waals surface area contributed by atoms with Crippen molar-refractivity contribution in [2.24, 2.45) is 0 Å². The number of rotatable bonds is 1. The van der Waals surface area contributed by atoms with E-state index in [1.807, 2.05) is 12.1 Å². The molecule has 0 aliphatic heterocycles. The Labute approximate surface area is 75.7 Å². The predicted octanol–water partition coefficient (Wildman–Crippen LogP) is -1.84. The molecule has 1 aromatic rings. The molecule has 3 radical (unpaired) electrons. The van der Waals surface area contributed by atoms with Crippen LogP contribution in [0.3, 0.4) is 0 Å². The van der Waals surface area contributed by atoms with Gasteiger partial charge in [0.1, 0.15) is 0 Å². The predicted molar refractivity (Wildman–Crippen MR) is 41.7 cm³/mol. The molecular formula is C6H6BO2Pb. The summed E-state index contributed by atoms with van der Waals surface area (Å²) in [5.41, 5.74) is 0.555. The zero-order chi connectivity index (χ0) is 7.56. The Morgan fingerprint density at radius 3 is 2.00 bits per heavy atom. The van der Waals surface area contributed by atoms with Crippen LogP contribution in [0.1, 0.15) is 0 Å². The van der Waals surface area contributed by atoms with E-state index in [9.17, 15) is 0 Å². The summed E-state index contributed by atoms with van der Waals surface area (Å²) in [5.74, 6) is 0. The van der Waals surface area contributed by atoms with Crippen molar-refractivity contribution in [1.82, 2.24) is 0 Å². The number of hydrogen-bond acceptors (Lipinski definition) is 2. The molecule has 2 N–H and O–H groups in total. The summed E-state index contributed by atoms with van der Waals surface area (Å²) in [6.45, 7) is 0. The van der Waals surface area contributed by atoms with Crippen LogP contribution in [0.2, 0.25) is 0 Å². The zero-order valence-corrected chi connectivity index (χ0v) is 9.17. The van der Waals surface area contributed by atoms with Crippen LogP contribution in [-0.2, 0) is 0 Å². The zero-order valence-electron chi connectivity index (χ0n) is 5.28. The third kappa shape index (κ3) is 2.07. The Morgan fingerprint density at radius 1 is 1.10 bits per heavy atom. The summed E-state index contributed by atoms with van der Waals surface area (Å²) in [4.78, 5) is 0. The summed E-state index contributed by atoms with van der Waals surface area (Å²) in [6, 6.07) is 7.27. The maximum atomic E-state index is 8.68. The van der Waals surface area contributed by atoms with Crippen LogP contribution in [0.4, 0.5) is 0 Å². The molecule has 10 heavy (non-hydrogen) atoms. The molecule has 49 valence electrons. The molecule has 0 aliphatic carbocycles. The monoisotopic (exact) mass is 329 g/mol. The van der Waals surface area contributed by atoms with Gasteiger partial charge in [-0.1, -0.05) is 0 Å². The minimum absolute atomic E-state index is 0.555. The fraction of sp³-hybridized carbons (Fsp3) is 0. The van der Waals surface area contributed by atoms with E-state index in [4.69, 9.17) is 10.0 Å². The van der Waals surface area contributed by atoms with Crippen LogP contribution in [0, 0.1) is 0 Å². The second kappa shape index (κ2) is 3.50. The average Bonchev–Trinajstić information content (AvgIpc) is 1.88. The van der Waals surface area contributed by atoms with Gasteiger partial charge in [0.2, 0.25) is 0 Å². The fourth-order valence-electron chi connectivity index (χ4n) is 0.655. The van der Waals surface area contributed by atoms with Gasteiger partial charge in [-0.3, -0.25) is 0 Å². The van der Waals surface area contributed by atoms with Gasteiger partial charge in [0, 0.05) is 0 Å². The van der Waals surface area contributed by atoms with E-state index in [-0.39, 0.29) is 0 Å². The van der Waals surface area contributed by atoms with Crippen LogP contribution in [0.5, 0.6) is 0 Å². The topological polar surface area (TPSA) is 40.5 Å². The molecule has 4 heteroatoms. The second-order valence-electron chi connectivity index (χ2n) is 2.00. The summed E-state index contributed by atoms with van der Waals surface area (Å²) in [6.07, 6.45) is 0. The molecule has 1 rings (SSSR count). The van der Waals surface area contributed by atoms with Crippen molar-refractivity contribution in [2.75, 3.05) is 0 Å². The molecule has 0 amide bonds. The summed E-state index contributed by atoms with van der Waals surface area (Å²) >= 11 is 1.00. The molecule has 0 fully saturated rings. The van der Waals surface area contributed by atoms with Gasteiger partial charge in [-0.2, -0.15) is 0 Å². The van der Waals surface area contributed by atoms with E-state index in [0.717, 1.165) is 25.8 Å². The third-order valence-electron chi connectivity index (χ3n) is 1.21. The van der Waals surface area contributed by atoms with Gasteiger partial charge in [0.25, 0.3) is 0 Å². The third-order valence-corrected chi connectivity index (χ3v) is 2.50. The van der Waals surface area contributed by atoms with Gasteiger partial charge in [-0.15, -0.1) is 0 Å². The van der Waals surface area contributed by atoms with Gasteiger partial charge in [0.05, 0.1) is 0 Å². The van der Waals surface area contributed by atoms with Gasteiger partial charge in [-0.25, -0.2) is 0 Å². The van der Waals surface area contributed by atoms with Crippen LogP contribution >= 0.6 is 0 Å². The van der Waals surface area contributed by atoms with E-state index in [1.54, 1.807) is 12.1 Å². The minimum atomic E-state index is -1.33. The standard InChI is InChI=1S/C6H6BO2.Pb/c8-7(9)6-4-2-1-3-5-6;/h2-5,8-9H;.